The van der Waals surface area contributed by atoms with Gasteiger partial charge in [0.1, 0.15) is 0 Å². The zero-order valence-electron chi connectivity index (χ0n) is 15.1. The highest BCUT2D eigenvalue weighted by Crippen LogP contribution is 2.24. The van der Waals surface area contributed by atoms with Gasteiger partial charge in [0.2, 0.25) is 5.91 Å². The highest BCUT2D eigenvalue weighted by Gasteiger charge is 2.24. The maximum atomic E-state index is 12.1. The van der Waals surface area contributed by atoms with E-state index >= 15 is 0 Å². The van der Waals surface area contributed by atoms with E-state index in [9.17, 15) is 9.59 Å². The average Bonchev–Trinajstić information content (AvgIpc) is 3.16. The van der Waals surface area contributed by atoms with Crippen LogP contribution in [0, 0.1) is 0 Å². The lowest BCUT2D eigenvalue weighted by Crippen LogP contribution is -2.40. The fourth-order valence-corrected chi connectivity index (χ4v) is 3.51. The largest absolute Gasteiger partial charge is 0.367 e. The summed E-state index contributed by atoms with van der Waals surface area (Å²) in [6.45, 7) is 1.70. The van der Waals surface area contributed by atoms with Gasteiger partial charge in [0, 0.05) is 43.2 Å². The van der Waals surface area contributed by atoms with Crippen LogP contribution in [0.2, 0.25) is 0 Å². The van der Waals surface area contributed by atoms with Crippen LogP contribution in [-0.4, -0.2) is 30.8 Å². The quantitative estimate of drug-likeness (QED) is 0.736. The van der Waals surface area contributed by atoms with Crippen LogP contribution in [0.15, 0.2) is 60.7 Å². The number of benzene rings is 2. The van der Waals surface area contributed by atoms with E-state index in [-0.39, 0.29) is 11.7 Å². The predicted octanol–water partition coefficient (Wildman–Crippen LogP) is 3.82. The summed E-state index contributed by atoms with van der Waals surface area (Å²) in [5.41, 5.74) is 1.94. The van der Waals surface area contributed by atoms with Crippen LogP contribution in [0.5, 0.6) is 0 Å². The van der Waals surface area contributed by atoms with Gasteiger partial charge in [0.15, 0.2) is 5.78 Å². The Labute approximate surface area is 155 Å². The van der Waals surface area contributed by atoms with Gasteiger partial charge in [-0.25, -0.2) is 0 Å². The number of hydrogen-bond donors (Lipinski definition) is 1. The molecule has 136 valence electrons. The first-order chi connectivity index (χ1) is 12.7. The molecule has 0 aliphatic carbocycles. The minimum Gasteiger partial charge on any atom is -0.367 e. The molecule has 1 aliphatic rings. The molecule has 3 rings (SSSR count). The minimum atomic E-state index is 0.0331. The number of ketones is 1. The van der Waals surface area contributed by atoms with Gasteiger partial charge in [-0.05, 0) is 31.4 Å². The Morgan fingerprint density at radius 2 is 1.65 bits per heavy atom. The van der Waals surface area contributed by atoms with Gasteiger partial charge in [-0.2, -0.15) is 0 Å². The number of para-hydroxylation sites is 1. The van der Waals surface area contributed by atoms with E-state index in [4.69, 9.17) is 0 Å². The second-order valence-electron chi connectivity index (χ2n) is 6.77. The van der Waals surface area contributed by atoms with Crippen molar-refractivity contribution in [3.05, 3.63) is 66.2 Å². The van der Waals surface area contributed by atoms with Crippen molar-refractivity contribution in [2.45, 2.75) is 38.1 Å². The number of nitrogens with one attached hydrogen (secondary N) is 1. The molecule has 1 N–H and O–H groups in total. The normalized spacial score (nSPS) is 16.5. The highest BCUT2D eigenvalue weighted by molar-refractivity contribution is 5.96. The summed E-state index contributed by atoms with van der Waals surface area (Å²) >= 11 is 0. The minimum absolute atomic E-state index is 0.0331. The number of amides is 1. The molecule has 0 radical (unpaired) electrons. The van der Waals surface area contributed by atoms with Gasteiger partial charge in [0.25, 0.3) is 0 Å². The van der Waals surface area contributed by atoms with Crippen molar-refractivity contribution in [2.75, 3.05) is 18.0 Å². The Bertz CT molecular complexity index is 715. The summed E-state index contributed by atoms with van der Waals surface area (Å²) in [7, 11) is 0. The van der Waals surface area contributed by atoms with Crippen LogP contribution in [-0.2, 0) is 4.79 Å². The van der Waals surface area contributed by atoms with Gasteiger partial charge in [-0.1, -0.05) is 48.5 Å². The number of rotatable bonds is 8. The Balaban J connectivity index is 1.39. The zero-order chi connectivity index (χ0) is 18.2. The number of nitrogens with zero attached hydrogens (tertiary/aromatic N) is 1. The molecule has 0 aromatic heterocycles. The number of Topliss-reactive ketones (excluding diaryl/α,β-unsaturated/α-hetero) is 1. The Hall–Kier alpha value is -2.62. The lowest BCUT2D eigenvalue weighted by Gasteiger charge is -2.27. The summed E-state index contributed by atoms with van der Waals surface area (Å²) in [6.07, 6.45) is 3.66. The molecule has 0 spiro atoms. The van der Waals surface area contributed by atoms with Crippen LogP contribution in [0.1, 0.15) is 42.5 Å². The van der Waals surface area contributed by atoms with Gasteiger partial charge >= 0.3 is 0 Å². The lowest BCUT2D eigenvalue weighted by atomic mass is 10.1. The average molecular weight is 350 g/mol. The summed E-state index contributed by atoms with van der Waals surface area (Å²) in [5.74, 6) is 0.134. The first-order valence-corrected chi connectivity index (χ1v) is 9.40. The molecule has 1 saturated heterocycles. The van der Waals surface area contributed by atoms with E-state index < -0.39 is 0 Å². The molecule has 4 heteroatoms. The van der Waals surface area contributed by atoms with Crippen LogP contribution in [0.3, 0.4) is 0 Å². The molecule has 1 unspecified atom stereocenters. The van der Waals surface area contributed by atoms with E-state index in [0.29, 0.717) is 31.8 Å². The van der Waals surface area contributed by atoms with Crippen molar-refractivity contribution in [1.82, 2.24) is 5.32 Å². The number of carbonyl (C=O) groups excluding carboxylic acids is 2. The number of anilines is 1. The molecule has 1 heterocycles. The molecular weight excluding hydrogens is 324 g/mol. The Morgan fingerprint density at radius 1 is 0.962 bits per heavy atom. The third kappa shape index (κ3) is 4.94. The van der Waals surface area contributed by atoms with Crippen molar-refractivity contribution < 1.29 is 9.59 Å². The maximum Gasteiger partial charge on any atom is 0.220 e. The van der Waals surface area contributed by atoms with Crippen LogP contribution in [0.4, 0.5) is 5.69 Å². The second-order valence-corrected chi connectivity index (χ2v) is 6.77. The van der Waals surface area contributed by atoms with Crippen LogP contribution in [0.25, 0.3) is 0 Å². The molecule has 1 aliphatic heterocycles. The fourth-order valence-electron chi connectivity index (χ4n) is 3.51. The first kappa shape index (κ1) is 18.2. The summed E-state index contributed by atoms with van der Waals surface area (Å²) in [6, 6.07) is 20.0. The summed E-state index contributed by atoms with van der Waals surface area (Å²) < 4.78 is 0. The fraction of sp³-hybridized carbons (Fsp3) is 0.364. The molecule has 1 amide bonds. The summed E-state index contributed by atoms with van der Waals surface area (Å²) in [4.78, 5) is 26.5. The van der Waals surface area contributed by atoms with Crippen LogP contribution < -0.4 is 10.2 Å². The van der Waals surface area contributed by atoms with E-state index in [1.807, 2.05) is 48.5 Å². The first-order valence-electron chi connectivity index (χ1n) is 9.40. The van der Waals surface area contributed by atoms with Gasteiger partial charge in [-0.15, -0.1) is 0 Å². The molecule has 0 saturated carbocycles. The monoisotopic (exact) mass is 350 g/mol. The van der Waals surface area contributed by atoms with Crippen molar-refractivity contribution in [3.8, 4) is 0 Å². The van der Waals surface area contributed by atoms with E-state index in [1.54, 1.807) is 0 Å². The van der Waals surface area contributed by atoms with Gasteiger partial charge in [-0.3, -0.25) is 9.59 Å². The van der Waals surface area contributed by atoms with E-state index in [0.717, 1.165) is 24.9 Å². The third-order valence-corrected chi connectivity index (χ3v) is 4.90. The lowest BCUT2D eigenvalue weighted by molar-refractivity contribution is -0.121. The maximum absolute atomic E-state index is 12.1. The molecule has 4 nitrogen and oxygen atoms in total. The molecule has 1 fully saturated rings. The third-order valence-electron chi connectivity index (χ3n) is 4.90. The molecule has 2 aromatic carbocycles. The van der Waals surface area contributed by atoms with E-state index in [1.165, 1.54) is 5.69 Å². The van der Waals surface area contributed by atoms with Crippen molar-refractivity contribution in [3.63, 3.8) is 0 Å². The van der Waals surface area contributed by atoms with Crippen molar-refractivity contribution in [1.29, 1.82) is 0 Å². The zero-order valence-corrected chi connectivity index (χ0v) is 15.1. The standard InChI is InChI=1S/C22H26N2O2/c25-21(18-9-3-1-4-10-18)14-7-15-22(26)23-17-20-13-8-16-24(20)19-11-5-2-6-12-19/h1-6,9-12,20H,7-8,13-17H2,(H,23,26). The van der Waals surface area contributed by atoms with E-state index in [2.05, 4.69) is 22.3 Å². The summed E-state index contributed by atoms with van der Waals surface area (Å²) in [5, 5.41) is 3.05. The smallest absolute Gasteiger partial charge is 0.220 e. The number of hydrogen-bond acceptors (Lipinski definition) is 3. The van der Waals surface area contributed by atoms with Crippen molar-refractivity contribution >= 4 is 17.4 Å². The van der Waals surface area contributed by atoms with Crippen LogP contribution >= 0.6 is 0 Å². The number of carbonyl (C=O) groups is 2. The molecule has 26 heavy (non-hydrogen) atoms. The topological polar surface area (TPSA) is 49.4 Å². The Morgan fingerprint density at radius 3 is 2.38 bits per heavy atom. The Kier molecular flexibility index (Phi) is 6.42. The van der Waals surface area contributed by atoms with Gasteiger partial charge < -0.3 is 10.2 Å². The second kappa shape index (κ2) is 9.18. The van der Waals surface area contributed by atoms with Gasteiger partial charge in [0.05, 0.1) is 0 Å². The predicted molar refractivity (Wildman–Crippen MR) is 104 cm³/mol. The van der Waals surface area contributed by atoms with Crippen molar-refractivity contribution in [2.24, 2.45) is 0 Å². The SMILES string of the molecule is O=C(CCCC(=O)c1ccccc1)NCC1CCCN1c1ccccc1. The molecule has 2 aromatic rings. The highest BCUT2D eigenvalue weighted by atomic mass is 16.1. The molecule has 1 atom stereocenters. The molecule has 0 bridgehead atoms. The molecular formula is C22H26N2O2.